The number of halogens is 4. The molecule has 2 aromatic rings. The number of hydrogen-bond donors (Lipinski definition) is 0. The second-order valence-electron chi connectivity index (χ2n) is 9.35. The third-order valence-corrected chi connectivity index (χ3v) is 10.5. The van der Waals surface area contributed by atoms with E-state index in [0.29, 0.717) is 24.2 Å². The molecule has 2 amide bonds. The van der Waals surface area contributed by atoms with Crippen molar-refractivity contribution >= 4 is 98.1 Å². The number of carbonyl (C=O) groups excluding carboxylic acids is 2. The number of benzene rings is 2. The fraction of sp³-hybridized carbons (Fsp3) is 0.429. The predicted molar refractivity (Wildman–Crippen MR) is 163 cm³/mol. The zero-order valence-corrected chi connectivity index (χ0v) is 26.9. The van der Waals surface area contributed by atoms with Crippen molar-refractivity contribution in [3.63, 3.8) is 0 Å². The highest BCUT2D eigenvalue weighted by molar-refractivity contribution is 9.13. The average Bonchev–Trinajstić information content (AvgIpc) is 3.24. The van der Waals surface area contributed by atoms with Gasteiger partial charge in [-0.3, -0.25) is 9.59 Å². The monoisotopic (exact) mass is 742 g/mol. The van der Waals surface area contributed by atoms with Crippen LogP contribution in [0.25, 0.3) is 11.1 Å². The van der Waals surface area contributed by atoms with Crippen molar-refractivity contribution in [2.24, 2.45) is 0 Å². The minimum atomic E-state index is -0.0901. The maximum absolute atomic E-state index is 14.0. The lowest BCUT2D eigenvalue weighted by atomic mass is 9.96. The summed E-state index contributed by atoms with van der Waals surface area (Å²) in [6.07, 6.45) is 8.60. The van der Waals surface area contributed by atoms with Gasteiger partial charge >= 0.3 is 0 Å². The van der Waals surface area contributed by atoms with Crippen LogP contribution in [0.2, 0.25) is 0 Å². The van der Waals surface area contributed by atoms with E-state index in [-0.39, 0.29) is 11.8 Å². The summed E-state index contributed by atoms with van der Waals surface area (Å²) in [6.45, 7) is 5.65. The number of hydrogen-bond acceptors (Lipinski definition) is 2. The molecule has 0 aliphatic carbocycles. The summed E-state index contributed by atoms with van der Waals surface area (Å²) in [6, 6.07) is 7.92. The fourth-order valence-electron chi connectivity index (χ4n) is 4.96. The molecular formula is C28H30Br4N2O2. The smallest absolute Gasteiger partial charge is 0.259 e. The normalized spacial score (nSPS) is 16.8. The van der Waals surface area contributed by atoms with E-state index in [0.717, 1.165) is 91.8 Å². The third-order valence-electron chi connectivity index (χ3n) is 6.84. The van der Waals surface area contributed by atoms with Gasteiger partial charge in [0.2, 0.25) is 0 Å². The molecule has 2 aliphatic heterocycles. The van der Waals surface area contributed by atoms with E-state index in [2.05, 4.69) is 77.6 Å². The maximum Gasteiger partial charge on any atom is 0.259 e. The lowest BCUT2D eigenvalue weighted by Crippen LogP contribution is -2.30. The lowest BCUT2D eigenvalue weighted by molar-refractivity contribution is -0.114. The Morgan fingerprint density at radius 2 is 0.917 bits per heavy atom. The summed E-state index contributed by atoms with van der Waals surface area (Å²) in [5.41, 5.74) is 4.36. The molecule has 4 rings (SSSR count). The third kappa shape index (κ3) is 5.43. The van der Waals surface area contributed by atoms with E-state index < -0.39 is 0 Å². The molecule has 0 saturated carbocycles. The number of anilines is 2. The van der Waals surface area contributed by atoms with Gasteiger partial charge in [0.05, 0.1) is 22.5 Å². The Morgan fingerprint density at radius 3 is 1.28 bits per heavy atom. The summed E-state index contributed by atoms with van der Waals surface area (Å²) >= 11 is 14.5. The second kappa shape index (κ2) is 12.3. The standard InChI is InChI=1S/C28H30Br4N2O2/c1-3-5-7-9-11-33-23-15-21(31)19(29)13-17(23)25(27(33)35)26-18-14-20(30)22(32)16-24(18)34(28(26)36)12-10-8-6-4-2/h13-16H,3-12H2,1-2H3/b26-25-. The molecule has 0 unspecified atom stereocenters. The van der Waals surface area contributed by atoms with Crippen LogP contribution < -0.4 is 9.80 Å². The SMILES string of the molecule is CCCCCCN1C(=O)/C(=C2\C(=O)N(CCCCCC)c3cc(Br)c(Br)cc32)c2cc(Br)c(Br)cc21. The lowest BCUT2D eigenvalue weighted by Gasteiger charge is -2.18. The Kier molecular flexibility index (Phi) is 9.56. The van der Waals surface area contributed by atoms with E-state index in [1.165, 1.54) is 0 Å². The van der Waals surface area contributed by atoms with Gasteiger partial charge in [0.25, 0.3) is 11.8 Å². The largest absolute Gasteiger partial charge is 0.308 e. The molecule has 0 radical (unpaired) electrons. The summed E-state index contributed by atoms with van der Waals surface area (Å²) in [4.78, 5) is 31.7. The predicted octanol–water partition coefficient (Wildman–Crippen LogP) is 9.50. The quantitative estimate of drug-likeness (QED) is 0.180. The zero-order valence-electron chi connectivity index (χ0n) is 20.6. The van der Waals surface area contributed by atoms with Gasteiger partial charge in [-0.25, -0.2) is 0 Å². The maximum atomic E-state index is 14.0. The van der Waals surface area contributed by atoms with Crippen molar-refractivity contribution < 1.29 is 9.59 Å². The van der Waals surface area contributed by atoms with Gasteiger partial charge in [-0.1, -0.05) is 52.4 Å². The Balaban J connectivity index is 1.84. The van der Waals surface area contributed by atoms with E-state index in [9.17, 15) is 9.59 Å². The fourth-order valence-corrected chi connectivity index (χ4v) is 6.31. The molecule has 0 saturated heterocycles. The Morgan fingerprint density at radius 1 is 0.556 bits per heavy atom. The van der Waals surface area contributed by atoms with E-state index in [1.54, 1.807) is 0 Å². The van der Waals surface area contributed by atoms with Crippen LogP contribution in [0.1, 0.15) is 76.3 Å². The molecule has 0 aromatic heterocycles. The Hall–Kier alpha value is -0.960. The summed E-state index contributed by atoms with van der Waals surface area (Å²) in [7, 11) is 0. The van der Waals surface area contributed by atoms with E-state index >= 15 is 0 Å². The topological polar surface area (TPSA) is 40.6 Å². The van der Waals surface area contributed by atoms with Crippen LogP contribution in [-0.2, 0) is 9.59 Å². The first-order valence-electron chi connectivity index (χ1n) is 12.7. The number of carbonyl (C=O) groups is 2. The number of unbranched alkanes of at least 4 members (excludes halogenated alkanes) is 6. The molecule has 2 heterocycles. The van der Waals surface area contributed by atoms with Crippen molar-refractivity contribution in [3.8, 4) is 0 Å². The van der Waals surface area contributed by atoms with E-state index in [1.807, 2.05) is 34.1 Å². The number of fused-ring (bicyclic) bond motifs is 2. The van der Waals surface area contributed by atoms with Gasteiger partial charge in [-0.05, 0) is 101 Å². The number of amides is 2. The molecule has 36 heavy (non-hydrogen) atoms. The molecule has 8 heteroatoms. The van der Waals surface area contributed by atoms with Crippen LogP contribution in [0.15, 0.2) is 42.2 Å². The van der Waals surface area contributed by atoms with Gasteiger partial charge in [0.15, 0.2) is 0 Å². The summed E-state index contributed by atoms with van der Waals surface area (Å²) in [5, 5.41) is 0. The molecular weight excluding hydrogens is 716 g/mol. The first-order valence-corrected chi connectivity index (χ1v) is 15.8. The van der Waals surface area contributed by atoms with Gasteiger partial charge in [-0.2, -0.15) is 0 Å². The van der Waals surface area contributed by atoms with Crippen LogP contribution in [0, 0.1) is 0 Å². The number of nitrogens with zero attached hydrogens (tertiary/aromatic N) is 2. The van der Waals surface area contributed by atoms with Crippen LogP contribution in [0.5, 0.6) is 0 Å². The van der Waals surface area contributed by atoms with Gasteiger partial charge < -0.3 is 9.80 Å². The highest BCUT2D eigenvalue weighted by Gasteiger charge is 2.42. The molecule has 192 valence electrons. The Labute approximate surface area is 247 Å². The minimum absolute atomic E-state index is 0.0901. The van der Waals surface area contributed by atoms with Crippen LogP contribution in [0.3, 0.4) is 0 Å². The minimum Gasteiger partial charge on any atom is -0.308 e. The molecule has 0 bridgehead atoms. The molecule has 0 N–H and O–H groups in total. The highest BCUT2D eigenvalue weighted by atomic mass is 79.9. The van der Waals surface area contributed by atoms with Crippen molar-refractivity contribution in [1.29, 1.82) is 0 Å². The Bertz CT molecular complexity index is 1130. The average molecular weight is 746 g/mol. The molecule has 0 spiro atoms. The summed E-state index contributed by atoms with van der Waals surface area (Å²) < 4.78 is 3.50. The van der Waals surface area contributed by atoms with E-state index in [4.69, 9.17) is 0 Å². The van der Waals surface area contributed by atoms with Gasteiger partial charge in [-0.15, -0.1) is 0 Å². The molecule has 2 aromatic carbocycles. The van der Waals surface area contributed by atoms with Gasteiger partial charge in [0, 0.05) is 42.1 Å². The van der Waals surface area contributed by atoms with Gasteiger partial charge in [0.1, 0.15) is 0 Å². The van der Waals surface area contributed by atoms with Crippen LogP contribution in [0.4, 0.5) is 11.4 Å². The number of rotatable bonds is 10. The van der Waals surface area contributed by atoms with Crippen molar-refractivity contribution in [1.82, 2.24) is 0 Å². The zero-order chi connectivity index (χ0) is 26.0. The summed E-state index contributed by atoms with van der Waals surface area (Å²) in [5.74, 6) is -0.180. The first kappa shape index (κ1) is 28.1. The molecule has 0 atom stereocenters. The van der Waals surface area contributed by atoms with Crippen LogP contribution in [-0.4, -0.2) is 24.9 Å². The molecule has 4 nitrogen and oxygen atoms in total. The van der Waals surface area contributed by atoms with Crippen molar-refractivity contribution in [3.05, 3.63) is 53.3 Å². The second-order valence-corrected chi connectivity index (χ2v) is 12.8. The highest BCUT2D eigenvalue weighted by Crippen LogP contribution is 2.50. The van der Waals surface area contributed by atoms with Crippen molar-refractivity contribution in [2.75, 3.05) is 22.9 Å². The first-order chi connectivity index (χ1) is 17.3. The molecule has 0 fully saturated rings. The molecule has 2 aliphatic rings. The van der Waals surface area contributed by atoms with Crippen LogP contribution >= 0.6 is 63.7 Å². The van der Waals surface area contributed by atoms with Crippen molar-refractivity contribution in [2.45, 2.75) is 65.2 Å².